The van der Waals surface area contributed by atoms with Crippen molar-refractivity contribution >= 4 is 11.1 Å². The van der Waals surface area contributed by atoms with E-state index in [1.807, 2.05) is 0 Å². The van der Waals surface area contributed by atoms with Gasteiger partial charge in [0, 0.05) is 24.2 Å². The van der Waals surface area contributed by atoms with E-state index in [1.165, 1.54) is 16.7 Å². The summed E-state index contributed by atoms with van der Waals surface area (Å²) in [6.45, 7) is 1.23. The maximum Gasteiger partial charge on any atom is 0.123 e. The first kappa shape index (κ1) is 31.2. The van der Waals surface area contributed by atoms with Crippen LogP contribution in [0.4, 0.5) is 0 Å². The fourth-order valence-electron chi connectivity index (χ4n) is 6.88. The Morgan fingerprint density at radius 2 is 0.854 bits per heavy atom. The molecule has 7 rings (SSSR count). The van der Waals surface area contributed by atoms with Crippen LogP contribution in [0.25, 0.3) is 11.1 Å². The van der Waals surface area contributed by atoms with E-state index in [0.29, 0.717) is 13.1 Å². The average molecular weight is 629 g/mol. The van der Waals surface area contributed by atoms with Crippen molar-refractivity contribution in [2.45, 2.75) is 25.2 Å². The molecule has 0 aromatic heterocycles. The van der Waals surface area contributed by atoms with Gasteiger partial charge in [-0.05, 0) is 68.8 Å². The highest BCUT2D eigenvalue weighted by Crippen LogP contribution is 2.40. The second-order valence-electron chi connectivity index (χ2n) is 12.1. The van der Waals surface area contributed by atoms with E-state index in [2.05, 4.69) is 168 Å². The molecule has 0 radical (unpaired) electrons. The summed E-state index contributed by atoms with van der Waals surface area (Å²) in [5.41, 5.74) is 11.5. The van der Waals surface area contributed by atoms with Crippen LogP contribution in [0.3, 0.4) is 0 Å². The van der Waals surface area contributed by atoms with Gasteiger partial charge in [-0.2, -0.15) is 0 Å². The topological polar surface area (TPSA) is 42.5 Å². The first-order valence-electron chi connectivity index (χ1n) is 16.5. The van der Waals surface area contributed by atoms with Crippen molar-refractivity contribution in [1.82, 2.24) is 10.6 Å². The van der Waals surface area contributed by atoms with E-state index in [4.69, 9.17) is 9.47 Å². The molecule has 4 heteroatoms. The Balaban J connectivity index is 1.50. The van der Waals surface area contributed by atoms with Crippen LogP contribution in [0.5, 0.6) is 11.5 Å². The maximum absolute atomic E-state index is 5.98. The smallest absolute Gasteiger partial charge is 0.123 e. The molecule has 4 bridgehead atoms. The lowest BCUT2D eigenvalue weighted by Crippen LogP contribution is -2.35. The van der Waals surface area contributed by atoms with Crippen LogP contribution in [0, 0.1) is 0 Å². The first-order valence-corrected chi connectivity index (χ1v) is 16.5. The molecule has 0 saturated heterocycles. The highest BCUT2D eigenvalue weighted by Gasteiger charge is 2.27. The largest absolute Gasteiger partial charge is 0.496 e. The average Bonchev–Trinajstić information content (AvgIpc) is 3.16. The van der Waals surface area contributed by atoms with Gasteiger partial charge in [-0.25, -0.2) is 0 Å². The Kier molecular flexibility index (Phi) is 9.46. The Morgan fingerprint density at radius 3 is 1.23 bits per heavy atom. The van der Waals surface area contributed by atoms with Crippen molar-refractivity contribution in [3.8, 4) is 11.5 Å². The van der Waals surface area contributed by atoms with E-state index >= 15 is 0 Å². The molecule has 1 aliphatic heterocycles. The number of nitrogens with one attached hydrogen (secondary N) is 2. The number of methoxy groups -OCH3 is 2. The normalized spacial score (nSPS) is 16.2. The molecule has 2 N–H and O–H groups in total. The van der Waals surface area contributed by atoms with Crippen LogP contribution in [-0.4, -0.2) is 14.2 Å². The molecule has 48 heavy (non-hydrogen) atoms. The molecule has 0 fully saturated rings. The highest BCUT2D eigenvalue weighted by molar-refractivity contribution is 6.04. The predicted molar refractivity (Wildman–Crippen MR) is 196 cm³/mol. The molecule has 0 amide bonds. The van der Waals surface area contributed by atoms with Crippen LogP contribution in [-0.2, 0) is 13.1 Å². The molecule has 238 valence electrons. The summed E-state index contributed by atoms with van der Waals surface area (Å²) in [6.07, 6.45) is 0. The van der Waals surface area contributed by atoms with E-state index in [1.54, 1.807) is 14.2 Å². The van der Waals surface area contributed by atoms with E-state index in [9.17, 15) is 0 Å². The van der Waals surface area contributed by atoms with Crippen molar-refractivity contribution < 1.29 is 9.47 Å². The minimum atomic E-state index is -0.0314. The van der Waals surface area contributed by atoms with Crippen molar-refractivity contribution in [3.63, 3.8) is 0 Å². The second kappa shape index (κ2) is 14.6. The number of hydrogen-bond acceptors (Lipinski definition) is 4. The molecule has 4 nitrogen and oxygen atoms in total. The number of ether oxygens (including phenoxy) is 2. The van der Waals surface area contributed by atoms with Gasteiger partial charge in [0.05, 0.1) is 26.3 Å². The molecule has 6 aromatic carbocycles. The third-order valence-corrected chi connectivity index (χ3v) is 9.19. The molecular formula is C44H40N2O2. The third kappa shape index (κ3) is 6.54. The zero-order chi connectivity index (χ0) is 32.7. The number of benzene rings is 6. The monoisotopic (exact) mass is 628 g/mol. The number of rotatable bonds is 6. The van der Waals surface area contributed by atoms with Crippen LogP contribution < -0.4 is 20.1 Å². The van der Waals surface area contributed by atoms with Gasteiger partial charge in [0.1, 0.15) is 11.5 Å². The molecule has 1 heterocycles. The van der Waals surface area contributed by atoms with Crippen LogP contribution >= 0.6 is 0 Å². The SMILES string of the molecule is COc1ccc2cc1CN[C@@H](c1ccccc1)[C@H](c1ccccc1)NCc1cc(ccc1OC)C2=C(c1ccccc1)c1ccccc1. The summed E-state index contributed by atoms with van der Waals surface area (Å²) in [7, 11) is 3.50. The summed E-state index contributed by atoms with van der Waals surface area (Å²) >= 11 is 0. The quantitative estimate of drug-likeness (QED) is 0.193. The van der Waals surface area contributed by atoms with Crippen molar-refractivity contribution in [2.75, 3.05) is 14.2 Å². The van der Waals surface area contributed by atoms with Crippen LogP contribution in [0.2, 0.25) is 0 Å². The lowest BCUT2D eigenvalue weighted by molar-refractivity contribution is 0.366. The second-order valence-corrected chi connectivity index (χ2v) is 12.1. The van der Waals surface area contributed by atoms with E-state index in [-0.39, 0.29) is 12.1 Å². The summed E-state index contributed by atoms with van der Waals surface area (Å²) < 4.78 is 12.0. The highest BCUT2D eigenvalue weighted by atomic mass is 16.5. The minimum absolute atomic E-state index is 0.0314. The van der Waals surface area contributed by atoms with E-state index < -0.39 is 0 Å². The zero-order valence-corrected chi connectivity index (χ0v) is 27.4. The number of hydrogen-bond donors (Lipinski definition) is 2. The van der Waals surface area contributed by atoms with Crippen molar-refractivity contribution in [3.05, 3.63) is 202 Å². The fraction of sp³-hybridized carbons (Fsp3) is 0.136. The molecule has 0 spiro atoms. The molecular weight excluding hydrogens is 588 g/mol. The van der Waals surface area contributed by atoms with Crippen molar-refractivity contribution in [1.29, 1.82) is 0 Å². The zero-order valence-electron chi connectivity index (χ0n) is 27.4. The van der Waals surface area contributed by atoms with Gasteiger partial charge in [0.15, 0.2) is 0 Å². The van der Waals surface area contributed by atoms with Gasteiger partial charge >= 0.3 is 0 Å². The minimum Gasteiger partial charge on any atom is -0.496 e. The van der Waals surface area contributed by atoms with Crippen molar-refractivity contribution in [2.24, 2.45) is 0 Å². The van der Waals surface area contributed by atoms with Gasteiger partial charge < -0.3 is 20.1 Å². The van der Waals surface area contributed by atoms with Gasteiger partial charge in [-0.15, -0.1) is 0 Å². The van der Waals surface area contributed by atoms with Crippen LogP contribution in [0.1, 0.15) is 56.6 Å². The summed E-state index contributed by atoms with van der Waals surface area (Å²) in [5, 5.41) is 7.92. The fourth-order valence-corrected chi connectivity index (χ4v) is 6.88. The van der Waals surface area contributed by atoms with Gasteiger partial charge in [0.25, 0.3) is 0 Å². The standard InChI is InChI=1S/C44H40N2O2/c1-47-39-25-23-35-27-37(39)29-45-43(33-19-11-5-12-20-33)44(34-21-13-6-14-22-34)46-30-38-28-36(24-26-40(38)48-2)42(35)41(31-15-7-3-8-16-31)32-17-9-4-10-18-32/h3-28,43-46H,29-30H2,1-2H3/t43-,44-/m0/s1. The summed E-state index contributed by atoms with van der Waals surface area (Å²) in [4.78, 5) is 0. The number of fused-ring (bicyclic) bond motifs is 4. The predicted octanol–water partition coefficient (Wildman–Crippen LogP) is 9.39. The Bertz CT molecular complexity index is 1850. The Morgan fingerprint density at radius 1 is 0.479 bits per heavy atom. The molecule has 0 unspecified atom stereocenters. The molecule has 1 aliphatic rings. The molecule has 0 aliphatic carbocycles. The maximum atomic E-state index is 5.98. The Hall–Kier alpha value is -5.42. The third-order valence-electron chi connectivity index (χ3n) is 9.19. The first-order chi connectivity index (χ1) is 23.7. The molecule has 0 saturated carbocycles. The summed E-state index contributed by atoms with van der Waals surface area (Å²) in [6, 6.07) is 55.9. The van der Waals surface area contributed by atoms with Gasteiger partial charge in [-0.1, -0.05) is 133 Å². The van der Waals surface area contributed by atoms with E-state index in [0.717, 1.165) is 50.5 Å². The van der Waals surface area contributed by atoms with Crippen LogP contribution in [0.15, 0.2) is 158 Å². The van der Waals surface area contributed by atoms with Gasteiger partial charge in [-0.3, -0.25) is 0 Å². The molecule has 6 aromatic rings. The molecule has 2 atom stereocenters. The summed E-state index contributed by atoms with van der Waals surface area (Å²) in [5.74, 6) is 1.71. The lowest BCUT2D eigenvalue weighted by atomic mass is 9.84. The Labute approximate surface area is 283 Å². The van der Waals surface area contributed by atoms with Gasteiger partial charge in [0.2, 0.25) is 0 Å². The lowest BCUT2D eigenvalue weighted by Gasteiger charge is -2.31.